The summed E-state index contributed by atoms with van der Waals surface area (Å²) >= 11 is 0. The van der Waals surface area contributed by atoms with Crippen LogP contribution in [0.2, 0.25) is 0 Å². The number of ether oxygens (including phenoxy) is 1. The molecule has 0 saturated carbocycles. The van der Waals surface area contributed by atoms with Crippen LogP contribution in [0.4, 0.5) is 13.2 Å². The molecule has 0 saturated heterocycles. The van der Waals surface area contributed by atoms with Gasteiger partial charge in [0.15, 0.2) is 5.72 Å². The first-order valence-electron chi connectivity index (χ1n) is 10.1. The standard InChI is InChI=1S/C24H16F3N3O4/c25-24(26,27)22(32)34-19-8-4-7-17-20(19)23(33,16-10-9-15-12-28-29-18(15)11-16)30(21(17)31)13-14-5-2-1-3-6-14/h1-12,33H,13H2,(H,28,29). The smallest absolute Gasteiger partial charge is 0.419 e. The number of aromatic amines is 1. The Morgan fingerprint density at radius 1 is 1.09 bits per heavy atom. The molecule has 1 atom stereocenters. The molecule has 1 amide bonds. The summed E-state index contributed by atoms with van der Waals surface area (Å²) in [6.45, 7) is -0.0570. The maximum Gasteiger partial charge on any atom is 0.491 e. The average molecular weight is 467 g/mol. The normalized spacial score (nSPS) is 17.8. The zero-order valence-corrected chi connectivity index (χ0v) is 17.3. The molecule has 1 aromatic heterocycles. The number of nitrogens with zero attached hydrogens (tertiary/aromatic N) is 2. The van der Waals surface area contributed by atoms with Crippen molar-refractivity contribution in [2.75, 3.05) is 0 Å². The van der Waals surface area contributed by atoms with Crippen LogP contribution in [-0.2, 0) is 17.1 Å². The lowest BCUT2D eigenvalue weighted by Gasteiger charge is -2.35. The van der Waals surface area contributed by atoms with Crippen LogP contribution in [-0.4, -0.2) is 38.3 Å². The van der Waals surface area contributed by atoms with Crippen molar-refractivity contribution in [1.29, 1.82) is 0 Å². The van der Waals surface area contributed by atoms with Crippen molar-refractivity contribution >= 4 is 22.8 Å². The van der Waals surface area contributed by atoms with E-state index in [1.807, 2.05) is 0 Å². The molecule has 1 unspecified atom stereocenters. The molecule has 3 aromatic carbocycles. The van der Waals surface area contributed by atoms with Gasteiger partial charge in [-0.3, -0.25) is 14.8 Å². The van der Waals surface area contributed by atoms with Crippen LogP contribution in [0.15, 0.2) is 72.9 Å². The van der Waals surface area contributed by atoms with E-state index in [0.29, 0.717) is 11.1 Å². The second-order valence-corrected chi connectivity index (χ2v) is 7.79. The number of fused-ring (bicyclic) bond motifs is 2. The number of aromatic nitrogens is 2. The van der Waals surface area contributed by atoms with Crippen molar-refractivity contribution in [2.45, 2.75) is 18.4 Å². The molecule has 2 N–H and O–H groups in total. The van der Waals surface area contributed by atoms with Gasteiger partial charge >= 0.3 is 12.1 Å². The van der Waals surface area contributed by atoms with Crippen molar-refractivity contribution in [3.63, 3.8) is 0 Å². The molecule has 4 aromatic rings. The Balaban J connectivity index is 1.71. The second-order valence-electron chi connectivity index (χ2n) is 7.79. The van der Waals surface area contributed by atoms with Crippen LogP contribution < -0.4 is 4.74 Å². The number of rotatable bonds is 4. The molecule has 5 rings (SSSR count). The first-order chi connectivity index (χ1) is 16.2. The number of hydrogen-bond donors (Lipinski definition) is 2. The summed E-state index contributed by atoms with van der Waals surface area (Å²) in [6.07, 6.45) is -3.70. The second kappa shape index (κ2) is 7.70. The third-order valence-corrected chi connectivity index (χ3v) is 5.70. The van der Waals surface area contributed by atoms with Gasteiger partial charge in [-0.15, -0.1) is 0 Å². The van der Waals surface area contributed by atoms with Crippen molar-refractivity contribution in [3.8, 4) is 5.75 Å². The van der Waals surface area contributed by atoms with Gasteiger partial charge in [0.2, 0.25) is 0 Å². The summed E-state index contributed by atoms with van der Waals surface area (Å²) in [5, 5.41) is 19.5. The van der Waals surface area contributed by atoms with E-state index in [9.17, 15) is 27.9 Å². The Hall–Kier alpha value is -4.18. The van der Waals surface area contributed by atoms with Gasteiger partial charge in [-0.1, -0.05) is 48.5 Å². The fourth-order valence-electron chi connectivity index (χ4n) is 4.15. The van der Waals surface area contributed by atoms with Gasteiger partial charge in [0.25, 0.3) is 5.91 Å². The van der Waals surface area contributed by atoms with E-state index in [0.717, 1.165) is 16.4 Å². The first-order valence-corrected chi connectivity index (χ1v) is 10.1. The topological polar surface area (TPSA) is 95.5 Å². The van der Waals surface area contributed by atoms with Gasteiger partial charge in [0, 0.05) is 17.5 Å². The fraction of sp³-hybridized carbons (Fsp3) is 0.125. The van der Waals surface area contributed by atoms with E-state index >= 15 is 0 Å². The predicted octanol–water partition coefficient (Wildman–Crippen LogP) is 3.88. The molecular weight excluding hydrogens is 451 g/mol. The molecule has 7 nitrogen and oxygen atoms in total. The minimum absolute atomic E-state index is 0.0570. The summed E-state index contributed by atoms with van der Waals surface area (Å²) in [4.78, 5) is 26.2. The lowest BCUT2D eigenvalue weighted by molar-refractivity contribution is -0.189. The van der Waals surface area contributed by atoms with Gasteiger partial charge in [-0.05, 0) is 23.8 Å². The monoisotopic (exact) mass is 467 g/mol. The van der Waals surface area contributed by atoms with Crippen LogP contribution in [0.5, 0.6) is 5.75 Å². The summed E-state index contributed by atoms with van der Waals surface area (Å²) in [5.41, 5.74) is -1.15. The Labute approximate surface area is 190 Å². The number of carbonyl (C=O) groups excluding carboxylic acids is 2. The van der Waals surface area contributed by atoms with Crippen LogP contribution in [0.25, 0.3) is 10.9 Å². The van der Waals surface area contributed by atoms with E-state index in [1.165, 1.54) is 12.1 Å². The van der Waals surface area contributed by atoms with Crippen LogP contribution in [0, 0.1) is 0 Å². The lowest BCUT2D eigenvalue weighted by atomic mass is 9.92. The third kappa shape index (κ3) is 3.39. The quantitative estimate of drug-likeness (QED) is 0.351. The molecule has 10 heteroatoms. The minimum Gasteiger partial charge on any atom is -0.419 e. The molecule has 0 aliphatic carbocycles. The SMILES string of the molecule is O=C1c2cccc(OC(=O)C(F)(F)F)c2C(O)(c2ccc3cn[nH]c3c2)N1Cc1ccccc1. The number of aliphatic hydroxyl groups is 1. The number of amides is 1. The molecular formula is C24H16F3N3O4. The van der Waals surface area contributed by atoms with Crippen LogP contribution in [0.1, 0.15) is 27.0 Å². The summed E-state index contributed by atoms with van der Waals surface area (Å²) in [5.74, 6) is -3.65. The predicted molar refractivity (Wildman–Crippen MR) is 114 cm³/mol. The molecule has 34 heavy (non-hydrogen) atoms. The molecule has 172 valence electrons. The third-order valence-electron chi connectivity index (χ3n) is 5.70. The maximum atomic E-state index is 13.4. The number of esters is 1. The minimum atomic E-state index is -5.26. The highest BCUT2D eigenvalue weighted by Gasteiger charge is 2.53. The molecule has 1 aliphatic heterocycles. The van der Waals surface area contributed by atoms with Gasteiger partial charge in [0.1, 0.15) is 5.75 Å². The van der Waals surface area contributed by atoms with E-state index < -0.39 is 29.5 Å². The number of hydrogen-bond acceptors (Lipinski definition) is 5. The number of carbonyl (C=O) groups is 2. The average Bonchev–Trinajstić information content (AvgIpc) is 3.37. The zero-order chi connectivity index (χ0) is 24.1. The molecule has 0 radical (unpaired) electrons. The van der Waals surface area contributed by atoms with E-state index in [1.54, 1.807) is 54.7 Å². The molecule has 0 fully saturated rings. The van der Waals surface area contributed by atoms with Crippen LogP contribution >= 0.6 is 0 Å². The lowest BCUT2D eigenvalue weighted by Crippen LogP contribution is -2.44. The number of H-pyrrole nitrogens is 1. The van der Waals surface area contributed by atoms with Crippen molar-refractivity contribution in [2.24, 2.45) is 0 Å². The highest BCUT2D eigenvalue weighted by atomic mass is 19.4. The zero-order valence-electron chi connectivity index (χ0n) is 17.3. The Morgan fingerprint density at radius 2 is 1.85 bits per heavy atom. The maximum absolute atomic E-state index is 13.4. The number of benzene rings is 3. The number of alkyl halides is 3. The highest BCUT2D eigenvalue weighted by molar-refractivity contribution is 6.01. The van der Waals surface area contributed by atoms with Crippen LogP contribution in [0.3, 0.4) is 0 Å². The highest BCUT2D eigenvalue weighted by Crippen LogP contribution is 2.48. The summed E-state index contributed by atoms with van der Waals surface area (Å²) < 4.78 is 43.5. The number of halogens is 3. The largest absolute Gasteiger partial charge is 0.491 e. The van der Waals surface area contributed by atoms with E-state index in [2.05, 4.69) is 14.9 Å². The van der Waals surface area contributed by atoms with Gasteiger partial charge < -0.3 is 9.84 Å². The fourth-order valence-corrected chi connectivity index (χ4v) is 4.15. The van der Waals surface area contributed by atoms with Gasteiger partial charge in [-0.25, -0.2) is 4.79 Å². The Bertz CT molecular complexity index is 1420. The molecule has 0 spiro atoms. The van der Waals surface area contributed by atoms with Crippen molar-refractivity contribution in [1.82, 2.24) is 15.1 Å². The van der Waals surface area contributed by atoms with Crippen molar-refractivity contribution < 1.29 is 32.6 Å². The molecule has 1 aliphatic rings. The Morgan fingerprint density at radius 3 is 2.59 bits per heavy atom. The molecule has 2 heterocycles. The Kier molecular flexibility index (Phi) is 4.90. The summed E-state index contributed by atoms with van der Waals surface area (Å²) in [6, 6.07) is 17.3. The van der Waals surface area contributed by atoms with Gasteiger partial charge in [-0.2, -0.15) is 18.3 Å². The van der Waals surface area contributed by atoms with E-state index in [-0.39, 0.29) is 23.2 Å². The van der Waals surface area contributed by atoms with Crippen molar-refractivity contribution in [3.05, 3.63) is 95.2 Å². The summed E-state index contributed by atoms with van der Waals surface area (Å²) in [7, 11) is 0. The van der Waals surface area contributed by atoms with Gasteiger partial charge in [0.05, 0.1) is 22.8 Å². The van der Waals surface area contributed by atoms with E-state index in [4.69, 9.17) is 0 Å². The number of nitrogens with one attached hydrogen (secondary N) is 1. The first kappa shape index (κ1) is 21.7. The molecule has 0 bridgehead atoms.